The Morgan fingerprint density at radius 3 is 2.74 bits per heavy atom. The lowest BCUT2D eigenvalue weighted by Crippen LogP contribution is -2.48. The van der Waals surface area contributed by atoms with E-state index in [-0.39, 0.29) is 18.1 Å². The third-order valence-corrected chi connectivity index (χ3v) is 5.61. The van der Waals surface area contributed by atoms with Crippen molar-refractivity contribution in [2.75, 3.05) is 25.0 Å². The molecule has 0 bridgehead atoms. The van der Waals surface area contributed by atoms with Gasteiger partial charge in [0.15, 0.2) is 0 Å². The molecule has 5 nitrogen and oxygen atoms in total. The molecule has 1 aromatic heterocycles. The van der Waals surface area contributed by atoms with Crippen molar-refractivity contribution in [2.45, 2.75) is 51.7 Å². The number of carbonyl (C=O) groups excluding carboxylic acids is 1. The second-order valence-corrected chi connectivity index (χ2v) is 7.63. The molecule has 1 amide bonds. The quantitative estimate of drug-likeness (QED) is 0.923. The lowest BCUT2D eigenvalue weighted by Gasteiger charge is -2.34. The number of thiophene rings is 1. The first-order valence-corrected chi connectivity index (χ1v) is 9.10. The number of ether oxygens (including phenoxy) is 1. The van der Waals surface area contributed by atoms with Gasteiger partial charge in [-0.05, 0) is 45.1 Å². The molecule has 2 atom stereocenters. The normalized spacial score (nSPS) is 24.7. The zero-order chi connectivity index (χ0) is 16.4. The second-order valence-electron chi connectivity index (χ2n) is 6.53. The van der Waals surface area contributed by atoms with E-state index >= 15 is 0 Å². The number of anilines is 1. The monoisotopic (exact) mass is 333 g/mol. The number of rotatable bonds is 3. The molecule has 124 valence electrons. The maximum Gasteiger partial charge on any atom is 0.239 e. The maximum absolute atomic E-state index is 12.4. The molecular formula is C17H23N3O2S. The van der Waals surface area contributed by atoms with Gasteiger partial charge in [0.05, 0.1) is 24.3 Å². The fourth-order valence-electron chi connectivity index (χ4n) is 3.55. The van der Waals surface area contributed by atoms with Crippen LogP contribution in [0.4, 0.5) is 5.00 Å². The number of carbonyl (C=O) groups is 1. The molecule has 0 aromatic carbocycles. The van der Waals surface area contributed by atoms with Crippen LogP contribution in [0.3, 0.4) is 0 Å². The second kappa shape index (κ2) is 7.00. The molecule has 0 radical (unpaired) electrons. The Hall–Kier alpha value is -1.42. The summed E-state index contributed by atoms with van der Waals surface area (Å²) >= 11 is 1.58. The maximum atomic E-state index is 12.4. The lowest BCUT2D eigenvalue weighted by atomic mass is 9.96. The minimum Gasteiger partial charge on any atom is -0.373 e. The Morgan fingerprint density at radius 2 is 2.04 bits per heavy atom. The van der Waals surface area contributed by atoms with E-state index in [0.29, 0.717) is 12.1 Å². The van der Waals surface area contributed by atoms with Gasteiger partial charge in [0.2, 0.25) is 5.91 Å². The van der Waals surface area contributed by atoms with Gasteiger partial charge in [-0.15, -0.1) is 11.3 Å². The molecule has 3 rings (SSSR count). The van der Waals surface area contributed by atoms with E-state index in [0.717, 1.165) is 42.9 Å². The number of amides is 1. The van der Waals surface area contributed by atoms with E-state index in [1.165, 1.54) is 11.3 Å². The Morgan fingerprint density at radius 1 is 1.35 bits per heavy atom. The molecule has 2 unspecified atom stereocenters. The van der Waals surface area contributed by atoms with E-state index in [9.17, 15) is 10.1 Å². The van der Waals surface area contributed by atoms with Crippen LogP contribution in [-0.4, -0.2) is 42.6 Å². The van der Waals surface area contributed by atoms with Crippen molar-refractivity contribution in [1.29, 1.82) is 5.26 Å². The van der Waals surface area contributed by atoms with Crippen molar-refractivity contribution >= 4 is 22.2 Å². The van der Waals surface area contributed by atoms with Crippen LogP contribution in [-0.2, 0) is 22.4 Å². The van der Waals surface area contributed by atoms with Crippen LogP contribution >= 0.6 is 11.3 Å². The Balaban J connectivity index is 1.66. The molecule has 2 heterocycles. The van der Waals surface area contributed by atoms with Crippen molar-refractivity contribution < 1.29 is 9.53 Å². The number of nitrogens with one attached hydrogen (secondary N) is 1. The van der Waals surface area contributed by atoms with E-state index in [2.05, 4.69) is 16.3 Å². The number of hydrogen-bond acceptors (Lipinski definition) is 5. The van der Waals surface area contributed by atoms with Gasteiger partial charge in [-0.2, -0.15) is 5.26 Å². The first-order valence-electron chi connectivity index (χ1n) is 8.29. The molecule has 1 N–H and O–H groups in total. The highest BCUT2D eigenvalue weighted by atomic mass is 32.1. The molecule has 0 spiro atoms. The first-order chi connectivity index (χ1) is 11.1. The largest absolute Gasteiger partial charge is 0.373 e. The summed E-state index contributed by atoms with van der Waals surface area (Å²) < 4.78 is 5.69. The lowest BCUT2D eigenvalue weighted by molar-refractivity contribution is -0.121. The van der Waals surface area contributed by atoms with Gasteiger partial charge in [-0.3, -0.25) is 9.69 Å². The molecule has 2 aliphatic rings. The summed E-state index contributed by atoms with van der Waals surface area (Å²) in [5, 5.41) is 13.2. The molecule has 23 heavy (non-hydrogen) atoms. The zero-order valence-corrected chi connectivity index (χ0v) is 14.5. The van der Waals surface area contributed by atoms with Crippen molar-refractivity contribution in [3.05, 3.63) is 16.0 Å². The summed E-state index contributed by atoms with van der Waals surface area (Å²) in [7, 11) is 0. The number of nitrogens with zero attached hydrogens (tertiary/aromatic N) is 2. The van der Waals surface area contributed by atoms with Crippen molar-refractivity contribution in [3.63, 3.8) is 0 Å². The number of morpholine rings is 1. The van der Waals surface area contributed by atoms with E-state index < -0.39 is 0 Å². The average Bonchev–Trinajstić information content (AvgIpc) is 2.82. The van der Waals surface area contributed by atoms with Crippen LogP contribution in [0.5, 0.6) is 0 Å². The average molecular weight is 333 g/mol. The molecule has 1 aliphatic carbocycles. The summed E-state index contributed by atoms with van der Waals surface area (Å²) in [6.07, 6.45) is 4.60. The minimum atomic E-state index is -0.0404. The SMILES string of the molecule is CC1CN(CC(=O)Nc2sc3c(c2C#N)CCCC3)CC(C)O1. The van der Waals surface area contributed by atoms with Crippen LogP contribution in [0.1, 0.15) is 42.7 Å². The van der Waals surface area contributed by atoms with Crippen LogP contribution < -0.4 is 5.32 Å². The minimum absolute atomic E-state index is 0.0404. The summed E-state index contributed by atoms with van der Waals surface area (Å²) in [5.74, 6) is -0.0404. The fourth-order valence-corrected chi connectivity index (χ4v) is 4.81. The molecule has 1 aromatic rings. The molecule has 6 heteroatoms. The van der Waals surface area contributed by atoms with Crippen molar-refractivity contribution in [2.24, 2.45) is 0 Å². The topological polar surface area (TPSA) is 65.4 Å². The molecule has 1 saturated heterocycles. The van der Waals surface area contributed by atoms with Gasteiger partial charge in [0, 0.05) is 18.0 Å². The first kappa shape index (κ1) is 16.4. The van der Waals surface area contributed by atoms with Crippen LogP contribution in [0.2, 0.25) is 0 Å². The number of fused-ring (bicyclic) bond motifs is 1. The zero-order valence-electron chi connectivity index (χ0n) is 13.7. The third kappa shape index (κ3) is 3.74. The van der Waals surface area contributed by atoms with E-state index in [4.69, 9.17) is 4.74 Å². The Kier molecular flexibility index (Phi) is 5.00. The molecular weight excluding hydrogens is 310 g/mol. The highest BCUT2D eigenvalue weighted by Crippen LogP contribution is 2.37. The fraction of sp³-hybridized carbons (Fsp3) is 0.647. The third-order valence-electron chi connectivity index (χ3n) is 4.40. The van der Waals surface area contributed by atoms with Crippen LogP contribution in [0.25, 0.3) is 0 Å². The number of aryl methyl sites for hydroxylation is 1. The highest BCUT2D eigenvalue weighted by Gasteiger charge is 2.25. The Bertz CT molecular complexity index is 625. The van der Waals surface area contributed by atoms with E-state index in [1.807, 2.05) is 13.8 Å². The van der Waals surface area contributed by atoms with Crippen LogP contribution in [0, 0.1) is 11.3 Å². The number of nitriles is 1. The summed E-state index contributed by atoms with van der Waals surface area (Å²) in [6, 6.07) is 2.29. The highest BCUT2D eigenvalue weighted by molar-refractivity contribution is 7.16. The van der Waals surface area contributed by atoms with Crippen molar-refractivity contribution in [3.8, 4) is 6.07 Å². The summed E-state index contributed by atoms with van der Waals surface area (Å²) in [5.41, 5.74) is 1.84. The van der Waals surface area contributed by atoms with Gasteiger partial charge in [-0.25, -0.2) is 0 Å². The van der Waals surface area contributed by atoms with Gasteiger partial charge < -0.3 is 10.1 Å². The van der Waals surface area contributed by atoms with Crippen LogP contribution in [0.15, 0.2) is 0 Å². The summed E-state index contributed by atoms with van der Waals surface area (Å²) in [4.78, 5) is 15.8. The molecule has 0 saturated carbocycles. The van der Waals surface area contributed by atoms with Crippen molar-refractivity contribution in [1.82, 2.24) is 4.90 Å². The standard InChI is InChI=1S/C17H23N3O2S/c1-11-8-20(9-12(2)22-11)10-16(21)19-17-14(7-18)13-5-3-4-6-15(13)23-17/h11-12H,3-6,8-10H2,1-2H3,(H,19,21). The molecule has 1 aliphatic heterocycles. The predicted octanol–water partition coefficient (Wildman–Crippen LogP) is 2.55. The van der Waals surface area contributed by atoms with Gasteiger partial charge in [0.1, 0.15) is 11.1 Å². The van der Waals surface area contributed by atoms with E-state index in [1.54, 1.807) is 11.3 Å². The number of hydrogen-bond donors (Lipinski definition) is 1. The van der Waals surface area contributed by atoms with Gasteiger partial charge in [-0.1, -0.05) is 0 Å². The van der Waals surface area contributed by atoms with Gasteiger partial charge in [0.25, 0.3) is 0 Å². The predicted molar refractivity (Wildman–Crippen MR) is 90.8 cm³/mol. The van der Waals surface area contributed by atoms with Gasteiger partial charge >= 0.3 is 0 Å². The smallest absolute Gasteiger partial charge is 0.239 e. The Labute approximate surface area is 141 Å². The summed E-state index contributed by atoms with van der Waals surface area (Å²) in [6.45, 7) is 5.95. The molecule has 1 fully saturated rings.